The lowest BCUT2D eigenvalue weighted by Crippen LogP contribution is -2.25. The molecule has 3 aromatic carbocycles. The number of ketones is 1. The van der Waals surface area contributed by atoms with Crippen LogP contribution >= 0.6 is 15.9 Å². The largest absolute Gasteiger partial charge is 0.325 e. The number of carbonyl (C=O) groups is 2. The molecule has 0 saturated carbocycles. The van der Waals surface area contributed by atoms with Crippen molar-refractivity contribution in [3.63, 3.8) is 0 Å². The van der Waals surface area contributed by atoms with Crippen molar-refractivity contribution in [1.82, 2.24) is 0 Å². The molecule has 148 valence electrons. The molecular weight excluding hydrogens is 454 g/mol. The Kier molecular flexibility index (Phi) is 6.61. The molecule has 0 saturated heterocycles. The van der Waals surface area contributed by atoms with Gasteiger partial charge in [-0.15, -0.1) is 0 Å². The van der Waals surface area contributed by atoms with E-state index in [0.717, 1.165) is 0 Å². The van der Waals surface area contributed by atoms with Crippen LogP contribution in [-0.4, -0.2) is 25.9 Å². The van der Waals surface area contributed by atoms with Gasteiger partial charge in [0.15, 0.2) is 15.6 Å². The SMILES string of the molecule is O=C(CS(=O)(=O)Cc1ccccc1)Nc1ccc(Br)cc1C(=O)c1ccccc1. The molecule has 0 radical (unpaired) electrons. The molecular formula is C22H18BrNO4S. The summed E-state index contributed by atoms with van der Waals surface area (Å²) in [5, 5.41) is 2.57. The number of hydrogen-bond acceptors (Lipinski definition) is 4. The summed E-state index contributed by atoms with van der Waals surface area (Å²) in [6.07, 6.45) is 0. The van der Waals surface area contributed by atoms with Crippen LogP contribution in [0.25, 0.3) is 0 Å². The van der Waals surface area contributed by atoms with Crippen molar-refractivity contribution in [2.45, 2.75) is 5.75 Å². The number of carbonyl (C=O) groups excluding carboxylic acids is 2. The molecule has 1 amide bonds. The van der Waals surface area contributed by atoms with E-state index in [1.807, 2.05) is 0 Å². The van der Waals surface area contributed by atoms with Crippen LogP contribution in [-0.2, 0) is 20.4 Å². The van der Waals surface area contributed by atoms with Crippen LogP contribution in [0, 0.1) is 0 Å². The highest BCUT2D eigenvalue weighted by molar-refractivity contribution is 9.10. The lowest BCUT2D eigenvalue weighted by atomic mass is 10.0. The number of benzene rings is 3. The molecule has 3 rings (SSSR count). The highest BCUT2D eigenvalue weighted by Crippen LogP contribution is 2.24. The van der Waals surface area contributed by atoms with E-state index in [-0.39, 0.29) is 22.8 Å². The normalized spacial score (nSPS) is 11.1. The van der Waals surface area contributed by atoms with Gasteiger partial charge in [-0.05, 0) is 23.8 Å². The van der Waals surface area contributed by atoms with Gasteiger partial charge in [0.1, 0.15) is 5.75 Å². The molecule has 0 heterocycles. The molecule has 0 aliphatic rings. The van der Waals surface area contributed by atoms with Crippen molar-refractivity contribution in [2.24, 2.45) is 0 Å². The van der Waals surface area contributed by atoms with Crippen molar-refractivity contribution in [1.29, 1.82) is 0 Å². The molecule has 0 bridgehead atoms. The molecule has 0 fully saturated rings. The van der Waals surface area contributed by atoms with Gasteiger partial charge in [0.05, 0.1) is 11.4 Å². The van der Waals surface area contributed by atoms with E-state index in [0.29, 0.717) is 15.6 Å². The van der Waals surface area contributed by atoms with Gasteiger partial charge in [-0.3, -0.25) is 9.59 Å². The number of halogens is 1. The van der Waals surface area contributed by atoms with Gasteiger partial charge in [-0.25, -0.2) is 8.42 Å². The van der Waals surface area contributed by atoms with Crippen LogP contribution in [0.3, 0.4) is 0 Å². The fourth-order valence-corrected chi connectivity index (χ4v) is 4.46. The maximum absolute atomic E-state index is 12.8. The van der Waals surface area contributed by atoms with Gasteiger partial charge in [0, 0.05) is 15.6 Å². The van der Waals surface area contributed by atoms with Crippen LogP contribution < -0.4 is 5.32 Å². The van der Waals surface area contributed by atoms with Gasteiger partial charge in [0.25, 0.3) is 0 Å². The summed E-state index contributed by atoms with van der Waals surface area (Å²) in [7, 11) is -3.65. The average Bonchev–Trinajstić information content (AvgIpc) is 2.69. The molecule has 29 heavy (non-hydrogen) atoms. The van der Waals surface area contributed by atoms with E-state index in [2.05, 4.69) is 21.2 Å². The van der Waals surface area contributed by atoms with Crippen LogP contribution in [0.2, 0.25) is 0 Å². The van der Waals surface area contributed by atoms with Gasteiger partial charge < -0.3 is 5.32 Å². The van der Waals surface area contributed by atoms with Crippen LogP contribution in [0.5, 0.6) is 0 Å². The van der Waals surface area contributed by atoms with Crippen LogP contribution in [0.4, 0.5) is 5.69 Å². The summed E-state index contributed by atoms with van der Waals surface area (Å²) in [6, 6.07) is 22.2. The minimum Gasteiger partial charge on any atom is -0.325 e. The smallest absolute Gasteiger partial charge is 0.239 e. The van der Waals surface area contributed by atoms with E-state index >= 15 is 0 Å². The molecule has 0 atom stereocenters. The lowest BCUT2D eigenvalue weighted by Gasteiger charge is -2.12. The van der Waals surface area contributed by atoms with E-state index in [9.17, 15) is 18.0 Å². The fraction of sp³-hybridized carbons (Fsp3) is 0.0909. The molecule has 0 unspecified atom stereocenters. The first-order valence-electron chi connectivity index (χ1n) is 8.77. The second kappa shape index (κ2) is 9.15. The minimum atomic E-state index is -3.65. The van der Waals surface area contributed by atoms with E-state index in [4.69, 9.17) is 0 Å². The summed E-state index contributed by atoms with van der Waals surface area (Å²) in [4.78, 5) is 25.2. The third-order valence-electron chi connectivity index (χ3n) is 4.12. The molecule has 7 heteroatoms. The molecule has 0 aliphatic carbocycles. The Balaban J connectivity index is 1.78. The zero-order chi connectivity index (χ0) is 20.9. The predicted octanol–water partition coefficient (Wildman–Crippen LogP) is 4.23. The first kappa shape index (κ1) is 21.0. The average molecular weight is 472 g/mol. The van der Waals surface area contributed by atoms with Crippen molar-refractivity contribution < 1.29 is 18.0 Å². The number of amides is 1. The molecule has 3 aromatic rings. The molecule has 0 aromatic heterocycles. The summed E-state index contributed by atoms with van der Waals surface area (Å²) in [5.41, 5.74) is 1.63. The number of sulfone groups is 1. The van der Waals surface area contributed by atoms with Crippen molar-refractivity contribution >= 4 is 43.1 Å². The molecule has 0 spiro atoms. The number of rotatable bonds is 7. The Hall–Kier alpha value is -2.77. The van der Waals surface area contributed by atoms with Gasteiger partial charge >= 0.3 is 0 Å². The summed E-state index contributed by atoms with van der Waals surface area (Å²) >= 11 is 3.33. The number of nitrogens with one attached hydrogen (secondary N) is 1. The summed E-state index contributed by atoms with van der Waals surface area (Å²) in [5.74, 6) is -1.85. The topological polar surface area (TPSA) is 80.3 Å². The van der Waals surface area contributed by atoms with Gasteiger partial charge in [-0.2, -0.15) is 0 Å². The Morgan fingerprint density at radius 2 is 1.48 bits per heavy atom. The second-order valence-electron chi connectivity index (χ2n) is 6.45. The molecule has 1 N–H and O–H groups in total. The second-order valence-corrected chi connectivity index (χ2v) is 9.43. The quantitative estimate of drug-likeness (QED) is 0.522. The van der Waals surface area contributed by atoms with Gasteiger partial charge in [-0.1, -0.05) is 76.6 Å². The number of anilines is 1. The standard InChI is InChI=1S/C22H18BrNO4S/c23-18-11-12-20(19(13-18)22(26)17-9-5-2-6-10-17)24-21(25)15-29(27,28)14-16-7-3-1-4-8-16/h1-13H,14-15H2,(H,24,25). The zero-order valence-electron chi connectivity index (χ0n) is 15.3. The maximum Gasteiger partial charge on any atom is 0.239 e. The summed E-state index contributed by atoms with van der Waals surface area (Å²) < 4.78 is 25.4. The third kappa shape index (κ3) is 5.85. The summed E-state index contributed by atoms with van der Waals surface area (Å²) in [6.45, 7) is 0. The zero-order valence-corrected chi connectivity index (χ0v) is 17.7. The highest BCUT2D eigenvalue weighted by atomic mass is 79.9. The van der Waals surface area contributed by atoms with E-state index in [1.54, 1.807) is 78.9 Å². The fourth-order valence-electron chi connectivity index (χ4n) is 2.82. The number of hydrogen-bond donors (Lipinski definition) is 1. The Bertz CT molecular complexity index is 1130. The Labute approximate surface area is 177 Å². The monoisotopic (exact) mass is 471 g/mol. The van der Waals surface area contributed by atoms with E-state index < -0.39 is 21.5 Å². The minimum absolute atomic E-state index is 0.225. The molecule has 5 nitrogen and oxygen atoms in total. The van der Waals surface area contributed by atoms with Crippen molar-refractivity contribution in [2.75, 3.05) is 11.1 Å². The van der Waals surface area contributed by atoms with Gasteiger partial charge in [0.2, 0.25) is 5.91 Å². The predicted molar refractivity (Wildman–Crippen MR) is 117 cm³/mol. The molecule has 0 aliphatic heterocycles. The lowest BCUT2D eigenvalue weighted by molar-refractivity contribution is -0.113. The Morgan fingerprint density at radius 3 is 2.14 bits per heavy atom. The third-order valence-corrected chi connectivity index (χ3v) is 6.09. The first-order chi connectivity index (χ1) is 13.8. The Morgan fingerprint density at radius 1 is 0.862 bits per heavy atom. The maximum atomic E-state index is 12.8. The van der Waals surface area contributed by atoms with Crippen LogP contribution in [0.15, 0.2) is 83.3 Å². The first-order valence-corrected chi connectivity index (χ1v) is 11.4. The van der Waals surface area contributed by atoms with Crippen LogP contribution in [0.1, 0.15) is 21.5 Å². The van der Waals surface area contributed by atoms with Crippen molar-refractivity contribution in [3.05, 3.63) is 100 Å². The highest BCUT2D eigenvalue weighted by Gasteiger charge is 2.20. The van der Waals surface area contributed by atoms with E-state index in [1.165, 1.54) is 0 Å². The van der Waals surface area contributed by atoms with Crippen molar-refractivity contribution in [3.8, 4) is 0 Å².